The minimum Gasteiger partial charge on any atom is -0.480 e. The van der Waals surface area contributed by atoms with Gasteiger partial charge in [0.15, 0.2) is 0 Å². The van der Waals surface area contributed by atoms with Crippen LogP contribution in [0.25, 0.3) is 0 Å². The first-order chi connectivity index (χ1) is 7.15. The molecule has 0 saturated carbocycles. The van der Waals surface area contributed by atoms with Gasteiger partial charge in [0.1, 0.15) is 0 Å². The zero-order valence-corrected chi connectivity index (χ0v) is 8.51. The van der Waals surface area contributed by atoms with E-state index in [0.29, 0.717) is 6.54 Å². The predicted molar refractivity (Wildman–Crippen MR) is 55.2 cm³/mol. The first-order valence-electron chi connectivity index (χ1n) is 4.56. The molecule has 0 spiro atoms. The molecule has 0 aliphatic carbocycles. The van der Waals surface area contributed by atoms with Crippen molar-refractivity contribution < 1.29 is 14.3 Å². The molecule has 15 heavy (non-hydrogen) atoms. The van der Waals surface area contributed by atoms with Gasteiger partial charge in [-0.3, -0.25) is 9.69 Å². The van der Waals surface area contributed by atoms with Crippen LogP contribution >= 0.6 is 0 Å². The maximum absolute atomic E-state index is 10.6. The van der Waals surface area contributed by atoms with Crippen molar-refractivity contribution in [1.29, 1.82) is 0 Å². The van der Waals surface area contributed by atoms with E-state index in [1.165, 1.54) is 0 Å². The standard InChI is InChI=1S/C11H13NO3/c1-3-5-12(7-11(13)14)9(2)10-4-6-15-8-10/h1,4,6,8-9H,5,7H2,2H3,(H,13,14). The molecule has 0 bridgehead atoms. The number of terminal acetylenes is 1. The number of carbonyl (C=O) groups is 1. The molecule has 1 unspecified atom stereocenters. The van der Waals surface area contributed by atoms with Crippen LogP contribution in [0.5, 0.6) is 0 Å². The summed E-state index contributed by atoms with van der Waals surface area (Å²) in [7, 11) is 0. The van der Waals surface area contributed by atoms with E-state index in [-0.39, 0.29) is 12.6 Å². The third-order valence-electron chi connectivity index (χ3n) is 2.21. The second-order valence-electron chi connectivity index (χ2n) is 3.24. The maximum atomic E-state index is 10.6. The topological polar surface area (TPSA) is 53.7 Å². The Kier molecular flexibility index (Phi) is 3.95. The molecule has 1 heterocycles. The van der Waals surface area contributed by atoms with Crippen molar-refractivity contribution in [3.63, 3.8) is 0 Å². The lowest BCUT2D eigenvalue weighted by Gasteiger charge is -2.24. The van der Waals surface area contributed by atoms with Crippen LogP contribution in [0.4, 0.5) is 0 Å². The number of carboxylic acid groups (broad SMARTS) is 1. The molecule has 0 radical (unpaired) electrons. The number of aliphatic carboxylic acids is 1. The Morgan fingerprint density at radius 2 is 2.53 bits per heavy atom. The fourth-order valence-electron chi connectivity index (χ4n) is 1.34. The van der Waals surface area contributed by atoms with Crippen LogP contribution in [-0.4, -0.2) is 29.1 Å². The van der Waals surface area contributed by atoms with Crippen molar-refractivity contribution in [3.05, 3.63) is 24.2 Å². The van der Waals surface area contributed by atoms with Crippen molar-refractivity contribution in [2.75, 3.05) is 13.1 Å². The van der Waals surface area contributed by atoms with Crippen LogP contribution in [0.15, 0.2) is 23.0 Å². The molecule has 80 valence electrons. The molecular weight excluding hydrogens is 194 g/mol. The third kappa shape index (κ3) is 3.15. The number of rotatable bonds is 5. The minimum absolute atomic E-state index is 0.0594. The van der Waals surface area contributed by atoms with Crippen molar-refractivity contribution in [1.82, 2.24) is 4.90 Å². The Morgan fingerprint density at radius 1 is 1.80 bits per heavy atom. The summed E-state index contributed by atoms with van der Waals surface area (Å²) in [6.45, 7) is 2.13. The van der Waals surface area contributed by atoms with E-state index >= 15 is 0 Å². The summed E-state index contributed by atoms with van der Waals surface area (Å²) in [4.78, 5) is 12.3. The molecule has 0 amide bonds. The molecule has 0 aromatic carbocycles. The second kappa shape index (κ2) is 5.23. The highest BCUT2D eigenvalue weighted by Crippen LogP contribution is 2.19. The zero-order valence-electron chi connectivity index (χ0n) is 8.51. The lowest BCUT2D eigenvalue weighted by atomic mass is 10.1. The van der Waals surface area contributed by atoms with Crippen molar-refractivity contribution in [3.8, 4) is 12.3 Å². The smallest absolute Gasteiger partial charge is 0.317 e. The Bertz CT molecular complexity index is 350. The van der Waals surface area contributed by atoms with E-state index < -0.39 is 5.97 Å². The SMILES string of the molecule is C#CCN(CC(=O)O)C(C)c1ccoc1. The number of hydrogen-bond acceptors (Lipinski definition) is 3. The second-order valence-corrected chi connectivity index (χ2v) is 3.24. The first-order valence-corrected chi connectivity index (χ1v) is 4.56. The van der Waals surface area contributed by atoms with Gasteiger partial charge in [0.2, 0.25) is 0 Å². The van der Waals surface area contributed by atoms with Gasteiger partial charge in [0, 0.05) is 11.6 Å². The summed E-state index contributed by atoms with van der Waals surface area (Å²) in [5, 5.41) is 8.72. The fraction of sp³-hybridized carbons (Fsp3) is 0.364. The molecule has 4 heteroatoms. The molecule has 4 nitrogen and oxygen atoms in total. The van der Waals surface area contributed by atoms with Crippen molar-refractivity contribution >= 4 is 5.97 Å². The van der Waals surface area contributed by atoms with Gasteiger partial charge in [0.05, 0.1) is 25.6 Å². The lowest BCUT2D eigenvalue weighted by molar-refractivity contribution is -0.138. The van der Waals surface area contributed by atoms with Gasteiger partial charge in [-0.1, -0.05) is 5.92 Å². The summed E-state index contributed by atoms with van der Waals surface area (Å²) in [6, 6.07) is 1.74. The first kappa shape index (κ1) is 11.3. The van der Waals surface area contributed by atoms with E-state index in [4.69, 9.17) is 15.9 Å². The number of carboxylic acids is 1. The average molecular weight is 207 g/mol. The molecule has 0 aliphatic heterocycles. The molecule has 1 N–H and O–H groups in total. The van der Waals surface area contributed by atoms with E-state index in [0.717, 1.165) is 5.56 Å². The number of hydrogen-bond donors (Lipinski definition) is 1. The summed E-state index contributed by atoms with van der Waals surface area (Å²) in [5.74, 6) is 1.56. The van der Waals surface area contributed by atoms with Gasteiger partial charge in [-0.15, -0.1) is 6.42 Å². The molecule has 0 saturated heterocycles. The van der Waals surface area contributed by atoms with Crippen molar-refractivity contribution in [2.45, 2.75) is 13.0 Å². The Balaban J connectivity index is 2.71. The van der Waals surface area contributed by atoms with E-state index in [9.17, 15) is 4.79 Å². The van der Waals surface area contributed by atoms with Gasteiger partial charge in [-0.2, -0.15) is 0 Å². The highest BCUT2D eigenvalue weighted by Gasteiger charge is 2.18. The highest BCUT2D eigenvalue weighted by atomic mass is 16.4. The molecule has 0 fully saturated rings. The molecule has 1 atom stereocenters. The monoisotopic (exact) mass is 207 g/mol. The largest absolute Gasteiger partial charge is 0.480 e. The van der Waals surface area contributed by atoms with Gasteiger partial charge < -0.3 is 9.52 Å². The summed E-state index contributed by atoms with van der Waals surface area (Å²) < 4.78 is 4.94. The quantitative estimate of drug-likeness (QED) is 0.741. The fourth-order valence-corrected chi connectivity index (χ4v) is 1.34. The van der Waals surface area contributed by atoms with E-state index in [1.807, 2.05) is 6.92 Å². The molecule has 1 rings (SSSR count). The highest BCUT2D eigenvalue weighted by molar-refractivity contribution is 5.69. The van der Waals surface area contributed by atoms with Crippen LogP contribution in [0.3, 0.4) is 0 Å². The molecule has 1 aromatic rings. The third-order valence-corrected chi connectivity index (χ3v) is 2.21. The number of nitrogens with zero attached hydrogens (tertiary/aromatic N) is 1. The van der Waals surface area contributed by atoms with E-state index in [2.05, 4.69) is 5.92 Å². The van der Waals surface area contributed by atoms with Gasteiger partial charge in [-0.25, -0.2) is 0 Å². The number of furan rings is 1. The summed E-state index contributed by atoms with van der Waals surface area (Å²) in [5.41, 5.74) is 0.923. The van der Waals surface area contributed by atoms with Gasteiger partial charge >= 0.3 is 5.97 Å². The molecule has 0 aliphatic rings. The maximum Gasteiger partial charge on any atom is 0.317 e. The van der Waals surface area contributed by atoms with E-state index in [1.54, 1.807) is 23.5 Å². The van der Waals surface area contributed by atoms with Crippen LogP contribution in [0.2, 0.25) is 0 Å². The molecular formula is C11H13NO3. The minimum atomic E-state index is -0.888. The van der Waals surface area contributed by atoms with Crippen LogP contribution in [0.1, 0.15) is 18.5 Å². The van der Waals surface area contributed by atoms with Crippen LogP contribution in [-0.2, 0) is 4.79 Å². The predicted octanol–water partition coefficient (Wildman–Crippen LogP) is 1.36. The van der Waals surface area contributed by atoms with Crippen LogP contribution in [0, 0.1) is 12.3 Å². The van der Waals surface area contributed by atoms with Gasteiger partial charge in [0.25, 0.3) is 0 Å². The van der Waals surface area contributed by atoms with Gasteiger partial charge in [-0.05, 0) is 13.0 Å². The van der Waals surface area contributed by atoms with Crippen LogP contribution < -0.4 is 0 Å². The Morgan fingerprint density at radius 3 is 3.00 bits per heavy atom. The Hall–Kier alpha value is -1.73. The zero-order chi connectivity index (χ0) is 11.3. The summed E-state index contributed by atoms with van der Waals surface area (Å²) in [6.07, 6.45) is 8.34. The normalized spacial score (nSPS) is 12.3. The summed E-state index contributed by atoms with van der Waals surface area (Å²) >= 11 is 0. The van der Waals surface area contributed by atoms with Crippen molar-refractivity contribution in [2.24, 2.45) is 0 Å². The lowest BCUT2D eigenvalue weighted by Crippen LogP contribution is -2.32. The Labute approximate surface area is 88.5 Å². The average Bonchev–Trinajstić information content (AvgIpc) is 2.68. The molecule has 1 aromatic heterocycles.